The molecule has 0 fully saturated rings. The monoisotopic (exact) mass is 1160 g/mol. The molecule has 0 spiro atoms. The van der Waals surface area contributed by atoms with Crippen LogP contribution < -0.4 is 25.6 Å². The minimum Gasteiger partial charge on any atom is -0.456 e. The molecule has 18 aromatic rings. The standard InChI is InChI=1S/C85H57N3OSi/c1-53(2)54-35-39-66-64-31-17-18-32-65(64)69-49-74-75-51-85-81(52-83(75)89-82(74)50-70(69)68(66)43-54)88(80-46-55-21-15-16-22-56(55)47-84(80)90(85,62-27-11-5-12-28-62)63-29-13-6-14-30-63)61-38-42-79-73(48-61)72-45-58(37-41-78(72)87(79)60-25-9-4-10-26-60)57-36-40-77-71(44-57)67-33-19-20-34-76(67)86(77)59-23-7-3-8-24-59/h3-53H,1-2H3. The third-order valence-corrected chi connectivity index (χ3v) is 24.7. The minimum atomic E-state index is -3.22. The fraction of sp³-hybridized carbons (Fsp3) is 0.0353. The van der Waals surface area contributed by atoms with Crippen molar-refractivity contribution in [2.75, 3.05) is 4.90 Å². The molecule has 0 radical (unpaired) electrons. The molecule has 0 aliphatic carbocycles. The maximum Gasteiger partial charge on any atom is 0.184 e. The van der Waals surface area contributed by atoms with Crippen LogP contribution in [0.25, 0.3) is 131 Å². The molecule has 5 heteroatoms. The van der Waals surface area contributed by atoms with E-state index in [1.807, 2.05) is 0 Å². The van der Waals surface area contributed by atoms with Crippen LogP contribution in [-0.4, -0.2) is 17.2 Å². The lowest BCUT2D eigenvalue weighted by Gasteiger charge is -2.45. The number of para-hydroxylation sites is 3. The first-order valence-electron chi connectivity index (χ1n) is 31.4. The van der Waals surface area contributed by atoms with Gasteiger partial charge < -0.3 is 18.5 Å². The molecule has 3 aromatic heterocycles. The topological polar surface area (TPSA) is 26.2 Å². The Bertz CT molecular complexity index is 5960. The first-order chi connectivity index (χ1) is 44.4. The quantitative estimate of drug-likeness (QED) is 0.117. The highest BCUT2D eigenvalue weighted by atomic mass is 28.3. The summed E-state index contributed by atoms with van der Waals surface area (Å²) in [5.74, 6) is 0.392. The van der Waals surface area contributed by atoms with Crippen molar-refractivity contribution < 1.29 is 4.42 Å². The van der Waals surface area contributed by atoms with E-state index < -0.39 is 8.07 Å². The summed E-state index contributed by atoms with van der Waals surface area (Å²) in [6.45, 7) is 4.57. The number of fused-ring (bicyclic) bond motifs is 18. The van der Waals surface area contributed by atoms with E-state index in [-0.39, 0.29) is 0 Å². The van der Waals surface area contributed by atoms with Gasteiger partial charge in [-0.3, -0.25) is 0 Å². The fourth-order valence-corrected chi connectivity index (χ4v) is 20.9. The van der Waals surface area contributed by atoms with E-state index >= 15 is 0 Å². The Morgan fingerprint density at radius 3 is 1.39 bits per heavy atom. The molecule has 0 amide bonds. The SMILES string of the molecule is CC(C)c1ccc2c3ccccc3c3cc4c(cc3c2c1)oc1cc2c(cc14)[Si](c1ccccc1)(c1ccccc1)c1cc3ccccc3cc1N2c1ccc2c(c1)c1cc(-c3ccc4c(c3)c3ccccc3n4-c3ccccc3)ccc1n2-c1ccccc1. The van der Waals surface area contributed by atoms with Crippen LogP contribution >= 0.6 is 0 Å². The Morgan fingerprint density at radius 2 is 0.744 bits per heavy atom. The number of rotatable bonds is 7. The van der Waals surface area contributed by atoms with Gasteiger partial charge in [0.05, 0.1) is 27.8 Å². The molecule has 90 heavy (non-hydrogen) atoms. The van der Waals surface area contributed by atoms with Crippen LogP contribution in [0.4, 0.5) is 17.1 Å². The van der Waals surface area contributed by atoms with E-state index in [9.17, 15) is 0 Å². The first-order valence-corrected chi connectivity index (χ1v) is 33.4. The van der Waals surface area contributed by atoms with Gasteiger partial charge in [-0.25, -0.2) is 0 Å². The van der Waals surface area contributed by atoms with Crippen molar-refractivity contribution in [3.63, 3.8) is 0 Å². The molecular formula is C85H57N3OSi. The van der Waals surface area contributed by atoms with E-state index in [1.165, 1.54) is 119 Å². The van der Waals surface area contributed by atoms with Crippen LogP contribution in [0.1, 0.15) is 25.3 Å². The Balaban J connectivity index is 0.897. The number of aromatic nitrogens is 2. The lowest BCUT2D eigenvalue weighted by Crippen LogP contribution is -2.77. The van der Waals surface area contributed by atoms with E-state index in [4.69, 9.17) is 4.42 Å². The summed E-state index contributed by atoms with van der Waals surface area (Å²) in [6, 6.07) is 114. The van der Waals surface area contributed by atoms with E-state index in [0.29, 0.717) is 5.92 Å². The molecule has 4 heterocycles. The Kier molecular flexibility index (Phi) is 11.0. The average molecular weight is 1160 g/mol. The van der Waals surface area contributed by atoms with E-state index in [2.05, 4.69) is 331 Å². The van der Waals surface area contributed by atoms with Gasteiger partial charge in [0.15, 0.2) is 8.07 Å². The maximum absolute atomic E-state index is 7.38. The third-order valence-electron chi connectivity index (χ3n) is 19.8. The van der Waals surface area contributed by atoms with Crippen molar-refractivity contribution in [3.05, 3.63) is 309 Å². The predicted octanol–water partition coefficient (Wildman–Crippen LogP) is 20.3. The number of anilines is 3. The second-order valence-corrected chi connectivity index (χ2v) is 28.7. The number of benzene rings is 15. The first kappa shape index (κ1) is 50.9. The molecular weight excluding hydrogens is 1110 g/mol. The summed E-state index contributed by atoms with van der Waals surface area (Å²) in [4.78, 5) is 2.58. The van der Waals surface area contributed by atoms with Gasteiger partial charge in [-0.1, -0.05) is 214 Å². The van der Waals surface area contributed by atoms with Crippen LogP contribution in [0, 0.1) is 0 Å². The summed E-state index contributed by atoms with van der Waals surface area (Å²) in [6.07, 6.45) is 0. The van der Waals surface area contributed by atoms with Crippen molar-refractivity contribution in [3.8, 4) is 22.5 Å². The molecule has 15 aromatic carbocycles. The smallest absolute Gasteiger partial charge is 0.184 e. The molecule has 0 atom stereocenters. The van der Waals surface area contributed by atoms with Gasteiger partial charge in [-0.05, 0) is 184 Å². The molecule has 422 valence electrons. The highest BCUT2D eigenvalue weighted by Gasteiger charge is 2.50. The summed E-state index contributed by atoms with van der Waals surface area (Å²) in [5, 5.41) is 22.3. The molecule has 1 aliphatic heterocycles. The van der Waals surface area contributed by atoms with Gasteiger partial charge in [0.25, 0.3) is 0 Å². The molecule has 0 saturated carbocycles. The normalized spacial score (nSPS) is 13.2. The van der Waals surface area contributed by atoms with Gasteiger partial charge in [0.2, 0.25) is 0 Å². The number of hydrogen-bond donors (Lipinski definition) is 0. The molecule has 0 bridgehead atoms. The molecule has 4 nitrogen and oxygen atoms in total. The van der Waals surface area contributed by atoms with Crippen LogP contribution in [0.15, 0.2) is 308 Å². The predicted molar refractivity (Wildman–Crippen MR) is 384 cm³/mol. The van der Waals surface area contributed by atoms with Crippen molar-refractivity contribution in [1.82, 2.24) is 9.13 Å². The molecule has 0 unspecified atom stereocenters. The number of hydrogen-bond acceptors (Lipinski definition) is 2. The van der Waals surface area contributed by atoms with Crippen molar-refractivity contribution in [2.45, 2.75) is 19.8 Å². The van der Waals surface area contributed by atoms with Crippen molar-refractivity contribution in [2.24, 2.45) is 0 Å². The highest BCUT2D eigenvalue weighted by Crippen LogP contribution is 2.47. The molecule has 1 aliphatic rings. The Hall–Kier alpha value is -11.2. The van der Waals surface area contributed by atoms with E-state index in [1.54, 1.807) is 0 Å². The molecule has 0 N–H and O–H groups in total. The highest BCUT2D eigenvalue weighted by molar-refractivity contribution is 7.21. The lowest BCUT2D eigenvalue weighted by molar-refractivity contribution is 0.669. The largest absolute Gasteiger partial charge is 0.456 e. The second-order valence-electron chi connectivity index (χ2n) is 24.9. The Morgan fingerprint density at radius 1 is 0.289 bits per heavy atom. The zero-order valence-electron chi connectivity index (χ0n) is 49.7. The summed E-state index contributed by atoms with van der Waals surface area (Å²) in [5.41, 5.74) is 15.8. The number of furan rings is 1. The average Bonchev–Trinajstić information content (AvgIpc) is 0.940. The fourth-order valence-electron chi connectivity index (χ4n) is 15.7. The minimum absolute atomic E-state index is 0.392. The Labute approximate surface area is 521 Å². The van der Waals surface area contributed by atoms with Gasteiger partial charge in [-0.2, -0.15) is 0 Å². The van der Waals surface area contributed by atoms with Crippen LogP contribution in [-0.2, 0) is 0 Å². The van der Waals surface area contributed by atoms with Crippen molar-refractivity contribution >= 4 is 155 Å². The zero-order chi connectivity index (χ0) is 59.3. The van der Waals surface area contributed by atoms with Crippen LogP contribution in [0.3, 0.4) is 0 Å². The van der Waals surface area contributed by atoms with Crippen LogP contribution in [0.5, 0.6) is 0 Å². The number of nitrogens with zero attached hydrogens (tertiary/aromatic N) is 3. The summed E-state index contributed by atoms with van der Waals surface area (Å²) < 4.78 is 12.2. The van der Waals surface area contributed by atoms with Gasteiger partial charge >= 0.3 is 0 Å². The molecule has 0 saturated heterocycles. The molecule has 19 rings (SSSR count). The summed E-state index contributed by atoms with van der Waals surface area (Å²) in [7, 11) is -3.22. The summed E-state index contributed by atoms with van der Waals surface area (Å²) >= 11 is 0. The van der Waals surface area contributed by atoms with Gasteiger partial charge in [0, 0.05) is 61.1 Å². The maximum atomic E-state index is 7.38. The van der Waals surface area contributed by atoms with E-state index in [0.717, 1.165) is 55.7 Å². The van der Waals surface area contributed by atoms with Gasteiger partial charge in [-0.15, -0.1) is 0 Å². The zero-order valence-corrected chi connectivity index (χ0v) is 50.7. The third kappa shape index (κ3) is 7.29. The second kappa shape index (κ2) is 19.4. The lowest BCUT2D eigenvalue weighted by atomic mass is 9.90. The van der Waals surface area contributed by atoms with Crippen LogP contribution in [0.2, 0.25) is 0 Å². The van der Waals surface area contributed by atoms with Gasteiger partial charge in [0.1, 0.15) is 11.2 Å². The van der Waals surface area contributed by atoms with Crippen molar-refractivity contribution in [1.29, 1.82) is 0 Å².